The van der Waals surface area contributed by atoms with Gasteiger partial charge in [-0.3, -0.25) is 4.79 Å². The van der Waals surface area contributed by atoms with E-state index in [4.69, 9.17) is 5.11 Å². The van der Waals surface area contributed by atoms with Crippen LogP contribution >= 0.6 is 0 Å². The predicted octanol–water partition coefficient (Wildman–Crippen LogP) is 3.93. The van der Waals surface area contributed by atoms with E-state index in [9.17, 15) is 4.79 Å². The van der Waals surface area contributed by atoms with Crippen LogP contribution in [-0.2, 0) is 4.79 Å². The molecule has 2 rings (SSSR count). The quantitative estimate of drug-likeness (QED) is 0.682. The van der Waals surface area contributed by atoms with Crippen LogP contribution in [0.5, 0.6) is 0 Å². The molecule has 1 N–H and O–H groups in total. The van der Waals surface area contributed by atoms with E-state index in [1.807, 2.05) is 6.92 Å². The summed E-state index contributed by atoms with van der Waals surface area (Å²) >= 11 is 0. The highest BCUT2D eigenvalue weighted by molar-refractivity contribution is 5.70. The monoisotopic (exact) mass is 222 g/mol. The molecule has 0 aliphatic heterocycles. The maximum atomic E-state index is 10.5. The van der Waals surface area contributed by atoms with E-state index in [0.717, 1.165) is 19.3 Å². The molecule has 0 aromatic heterocycles. The van der Waals surface area contributed by atoms with Gasteiger partial charge in [-0.05, 0) is 51.9 Å². The Hall–Kier alpha value is -1.05. The minimum atomic E-state index is -0.646. The third kappa shape index (κ3) is 5.15. The molecule has 0 amide bonds. The van der Waals surface area contributed by atoms with Gasteiger partial charge in [0.15, 0.2) is 0 Å². The van der Waals surface area contributed by atoms with Crippen LogP contribution in [0.2, 0.25) is 0 Å². The minimum Gasteiger partial charge on any atom is -0.481 e. The molecule has 0 bridgehead atoms. The molecule has 1 atom stereocenters. The van der Waals surface area contributed by atoms with Gasteiger partial charge in [0, 0.05) is 0 Å². The van der Waals surface area contributed by atoms with Crippen LogP contribution in [0.1, 0.15) is 51.9 Å². The van der Waals surface area contributed by atoms with E-state index in [1.54, 1.807) is 0 Å². The molecule has 2 nitrogen and oxygen atoms in total. The van der Waals surface area contributed by atoms with Gasteiger partial charge in [0.25, 0.3) is 0 Å². The molecule has 0 saturated heterocycles. The zero-order valence-corrected chi connectivity index (χ0v) is 10.1. The fraction of sp³-hybridized carbons (Fsp3) is 0.643. The van der Waals surface area contributed by atoms with E-state index in [-0.39, 0.29) is 5.92 Å². The third-order valence-corrected chi connectivity index (χ3v) is 3.08. The first-order chi connectivity index (χ1) is 7.70. The molecule has 1 unspecified atom stereocenters. The first-order valence-corrected chi connectivity index (χ1v) is 6.23. The number of carboxylic acid groups (broad SMARTS) is 1. The Morgan fingerprint density at radius 1 is 1.25 bits per heavy atom. The molecule has 0 heterocycles. The van der Waals surface area contributed by atoms with Crippen molar-refractivity contribution in [3.63, 3.8) is 0 Å². The maximum Gasteiger partial charge on any atom is 0.306 e. The van der Waals surface area contributed by atoms with Crippen LogP contribution in [0.3, 0.4) is 0 Å². The van der Waals surface area contributed by atoms with Crippen LogP contribution < -0.4 is 0 Å². The Morgan fingerprint density at radius 2 is 1.88 bits per heavy atom. The summed E-state index contributed by atoms with van der Waals surface area (Å²) in [6, 6.07) is 0. The molecule has 0 aromatic rings. The summed E-state index contributed by atoms with van der Waals surface area (Å²) in [5.74, 6) is -0.766. The Balaban J connectivity index is 0.000000181. The van der Waals surface area contributed by atoms with Gasteiger partial charge in [-0.2, -0.15) is 0 Å². The zero-order valence-electron chi connectivity index (χ0n) is 10.1. The molecule has 0 radical (unpaired) electrons. The summed E-state index contributed by atoms with van der Waals surface area (Å²) in [6.07, 6.45) is 14.6. The van der Waals surface area contributed by atoms with Gasteiger partial charge >= 0.3 is 5.97 Å². The molecule has 0 aromatic carbocycles. The van der Waals surface area contributed by atoms with Crippen molar-refractivity contribution in [2.75, 3.05) is 0 Å². The zero-order chi connectivity index (χ0) is 11.8. The number of rotatable bonds is 1. The number of allylic oxidation sites excluding steroid dienone is 4. The number of carbonyl (C=O) groups is 1. The molecule has 2 aliphatic carbocycles. The lowest BCUT2D eigenvalue weighted by atomic mass is 9.90. The molecule has 0 fully saturated rings. The van der Waals surface area contributed by atoms with E-state index in [2.05, 4.69) is 18.2 Å². The van der Waals surface area contributed by atoms with E-state index in [0.29, 0.717) is 0 Å². The molecule has 2 heteroatoms. The molecule has 0 spiro atoms. The van der Waals surface area contributed by atoms with Gasteiger partial charge in [0.05, 0.1) is 5.92 Å². The van der Waals surface area contributed by atoms with Crippen molar-refractivity contribution in [3.8, 4) is 0 Å². The normalized spacial score (nSPS) is 24.1. The van der Waals surface area contributed by atoms with Crippen molar-refractivity contribution >= 4 is 5.97 Å². The Bertz CT molecular complexity index is 268. The Morgan fingerprint density at radius 3 is 2.19 bits per heavy atom. The van der Waals surface area contributed by atoms with E-state index < -0.39 is 5.97 Å². The van der Waals surface area contributed by atoms with Crippen molar-refractivity contribution in [2.24, 2.45) is 5.92 Å². The highest BCUT2D eigenvalue weighted by atomic mass is 16.4. The second-order valence-corrected chi connectivity index (χ2v) is 4.62. The second-order valence-electron chi connectivity index (χ2n) is 4.62. The summed E-state index contributed by atoms with van der Waals surface area (Å²) in [6.45, 7) is 2.00. The first-order valence-electron chi connectivity index (χ1n) is 6.23. The Kier molecular flexibility index (Phi) is 5.91. The van der Waals surface area contributed by atoms with Crippen molar-refractivity contribution in [1.29, 1.82) is 0 Å². The molecule has 0 saturated carbocycles. The highest BCUT2D eigenvalue weighted by Crippen LogP contribution is 2.23. The fourth-order valence-corrected chi connectivity index (χ4v) is 2.08. The SMILES string of the molecule is C1=CCCCC1.CC1=CCCC(C(=O)O)C1. The molecule has 2 aliphatic rings. The Labute approximate surface area is 98.1 Å². The average Bonchev–Trinajstić information content (AvgIpc) is 2.32. The van der Waals surface area contributed by atoms with Crippen LogP contribution in [-0.4, -0.2) is 11.1 Å². The second kappa shape index (κ2) is 7.26. The molecule has 16 heavy (non-hydrogen) atoms. The molecular formula is C14H22O2. The van der Waals surface area contributed by atoms with Gasteiger partial charge in [-0.1, -0.05) is 23.8 Å². The van der Waals surface area contributed by atoms with Gasteiger partial charge < -0.3 is 5.11 Å². The van der Waals surface area contributed by atoms with Gasteiger partial charge in [-0.15, -0.1) is 0 Å². The van der Waals surface area contributed by atoms with Gasteiger partial charge in [0.1, 0.15) is 0 Å². The lowest BCUT2D eigenvalue weighted by molar-refractivity contribution is -0.142. The summed E-state index contributed by atoms with van der Waals surface area (Å²) in [7, 11) is 0. The smallest absolute Gasteiger partial charge is 0.306 e. The van der Waals surface area contributed by atoms with E-state index in [1.165, 1.54) is 31.3 Å². The van der Waals surface area contributed by atoms with Crippen LogP contribution in [0.25, 0.3) is 0 Å². The molecule has 90 valence electrons. The number of aliphatic carboxylic acids is 1. The number of carboxylic acids is 1. The number of hydrogen-bond donors (Lipinski definition) is 1. The van der Waals surface area contributed by atoms with Crippen molar-refractivity contribution in [2.45, 2.75) is 51.9 Å². The summed E-state index contributed by atoms with van der Waals surface area (Å²) in [5.41, 5.74) is 1.22. The standard InChI is InChI=1S/C8H12O2.C6H10/c1-6-3-2-4-7(5-6)8(9)10;1-2-4-6-5-3-1/h3,7H,2,4-5H2,1H3,(H,9,10);1-2H,3-6H2. The fourth-order valence-electron chi connectivity index (χ4n) is 2.08. The highest BCUT2D eigenvalue weighted by Gasteiger charge is 2.19. The van der Waals surface area contributed by atoms with Crippen LogP contribution in [0.15, 0.2) is 23.8 Å². The maximum absolute atomic E-state index is 10.5. The lowest BCUT2D eigenvalue weighted by Crippen LogP contribution is -2.16. The summed E-state index contributed by atoms with van der Waals surface area (Å²) in [4.78, 5) is 10.5. The van der Waals surface area contributed by atoms with E-state index >= 15 is 0 Å². The first kappa shape index (κ1) is 13.0. The van der Waals surface area contributed by atoms with Gasteiger partial charge in [-0.25, -0.2) is 0 Å². The predicted molar refractivity (Wildman–Crippen MR) is 66.3 cm³/mol. The minimum absolute atomic E-state index is 0.120. The lowest BCUT2D eigenvalue weighted by Gasteiger charge is -2.15. The van der Waals surface area contributed by atoms with Crippen LogP contribution in [0.4, 0.5) is 0 Å². The average molecular weight is 222 g/mol. The van der Waals surface area contributed by atoms with Gasteiger partial charge in [0.2, 0.25) is 0 Å². The third-order valence-electron chi connectivity index (χ3n) is 3.08. The molecular weight excluding hydrogens is 200 g/mol. The topological polar surface area (TPSA) is 37.3 Å². The largest absolute Gasteiger partial charge is 0.481 e. The van der Waals surface area contributed by atoms with Crippen molar-refractivity contribution in [1.82, 2.24) is 0 Å². The van der Waals surface area contributed by atoms with Crippen molar-refractivity contribution < 1.29 is 9.90 Å². The summed E-state index contributed by atoms with van der Waals surface area (Å²) < 4.78 is 0. The number of hydrogen-bond acceptors (Lipinski definition) is 1. The van der Waals surface area contributed by atoms with Crippen molar-refractivity contribution in [3.05, 3.63) is 23.8 Å². The van der Waals surface area contributed by atoms with Crippen LogP contribution in [0, 0.1) is 5.92 Å². The summed E-state index contributed by atoms with van der Waals surface area (Å²) in [5, 5.41) is 8.63.